The molecule has 0 amide bonds. The molecule has 0 fully saturated rings. The van der Waals surface area contributed by atoms with E-state index < -0.39 is 10.0 Å². The zero-order valence-corrected chi connectivity index (χ0v) is 12.5. The maximum absolute atomic E-state index is 11.2. The maximum Gasteiger partial charge on any atom is 0.267 e. The van der Waals surface area contributed by atoms with E-state index in [0.29, 0.717) is 4.96 Å². The molecule has 8 heteroatoms. The van der Waals surface area contributed by atoms with Crippen molar-refractivity contribution in [1.29, 1.82) is 0 Å². The molecule has 0 atom stereocenters. The summed E-state index contributed by atoms with van der Waals surface area (Å²) >= 11 is 0.956. The van der Waals surface area contributed by atoms with E-state index in [1.54, 1.807) is 6.20 Å². The van der Waals surface area contributed by atoms with Crippen molar-refractivity contribution >= 4 is 26.3 Å². The van der Waals surface area contributed by atoms with Crippen LogP contribution in [0.5, 0.6) is 0 Å². The van der Waals surface area contributed by atoms with E-state index in [1.165, 1.54) is 10.1 Å². The minimum atomic E-state index is -3.78. The normalized spacial score (nSPS) is 12.2. The summed E-state index contributed by atoms with van der Waals surface area (Å²) in [5, 5.41) is 8.99. The molecule has 0 saturated heterocycles. The molecule has 6 nitrogen and oxygen atoms in total. The Labute approximate surface area is 119 Å². The highest BCUT2D eigenvalue weighted by atomic mass is 32.2. The highest BCUT2D eigenvalue weighted by Crippen LogP contribution is 2.26. The lowest BCUT2D eigenvalue weighted by Crippen LogP contribution is -2.12. The molecule has 0 unspecified atom stereocenters. The van der Waals surface area contributed by atoms with E-state index in [4.69, 9.17) is 5.14 Å². The minimum absolute atomic E-state index is 0.132. The molecule has 0 bridgehead atoms. The highest BCUT2D eigenvalue weighted by Gasteiger charge is 2.17. The van der Waals surface area contributed by atoms with Gasteiger partial charge in [-0.15, -0.1) is 5.10 Å². The van der Waals surface area contributed by atoms with E-state index in [0.717, 1.165) is 28.2 Å². The van der Waals surface area contributed by atoms with Crippen LogP contribution >= 0.6 is 11.3 Å². The largest absolute Gasteiger partial charge is 0.267 e. The van der Waals surface area contributed by atoms with Gasteiger partial charge in [0.25, 0.3) is 10.0 Å². The summed E-state index contributed by atoms with van der Waals surface area (Å²) in [4.78, 5) is 4.91. The summed E-state index contributed by atoms with van der Waals surface area (Å²) in [6, 6.07) is 6.09. The van der Waals surface area contributed by atoms with Crippen LogP contribution in [0.2, 0.25) is 0 Å². The van der Waals surface area contributed by atoms with Gasteiger partial charge in [-0.3, -0.25) is 0 Å². The van der Waals surface area contributed by atoms with Crippen molar-refractivity contribution in [2.75, 3.05) is 0 Å². The van der Waals surface area contributed by atoms with Gasteiger partial charge in [0.15, 0.2) is 0 Å². The lowest BCUT2D eigenvalue weighted by atomic mass is 10.0. The number of hydrogen-bond acceptors (Lipinski definition) is 5. The maximum atomic E-state index is 11.2. The zero-order valence-electron chi connectivity index (χ0n) is 10.9. The quantitative estimate of drug-likeness (QED) is 0.780. The Hall–Kier alpha value is -1.77. The van der Waals surface area contributed by atoms with Crippen molar-refractivity contribution in [3.8, 4) is 11.3 Å². The van der Waals surface area contributed by atoms with Crippen molar-refractivity contribution in [2.24, 2.45) is 5.14 Å². The summed E-state index contributed by atoms with van der Waals surface area (Å²) in [6.07, 6.45) is 1.71. The van der Waals surface area contributed by atoms with Gasteiger partial charge in [-0.25, -0.2) is 23.1 Å². The van der Waals surface area contributed by atoms with Gasteiger partial charge in [-0.2, -0.15) is 0 Å². The van der Waals surface area contributed by atoms with Crippen LogP contribution in [0.15, 0.2) is 28.7 Å². The average Bonchev–Trinajstić information content (AvgIpc) is 2.85. The molecule has 0 aliphatic carbocycles. The Morgan fingerprint density at radius 3 is 2.65 bits per heavy atom. The number of fused-ring (bicyclic) bond motifs is 1. The third kappa shape index (κ3) is 2.21. The lowest BCUT2D eigenvalue weighted by Gasteiger charge is -2.02. The molecule has 3 rings (SSSR count). The number of nitrogens with two attached hydrogens (primary N) is 1. The van der Waals surface area contributed by atoms with Gasteiger partial charge < -0.3 is 0 Å². The molecule has 2 heterocycles. The highest BCUT2D eigenvalue weighted by molar-refractivity contribution is 7.91. The average molecular weight is 308 g/mol. The Kier molecular flexibility index (Phi) is 2.89. The Morgan fingerprint density at radius 2 is 2.05 bits per heavy atom. The Bertz CT molecular complexity index is 877. The van der Waals surface area contributed by atoms with Crippen LogP contribution in [-0.4, -0.2) is 23.0 Å². The molecule has 0 aliphatic rings. The second-order valence-electron chi connectivity index (χ2n) is 4.58. The summed E-state index contributed by atoms with van der Waals surface area (Å²) in [7, 11) is -3.78. The molecule has 2 N–H and O–H groups in total. The van der Waals surface area contributed by atoms with Crippen molar-refractivity contribution in [3.63, 3.8) is 0 Å². The molecular weight excluding hydrogens is 296 g/mol. The Balaban J connectivity index is 2.12. The van der Waals surface area contributed by atoms with Crippen LogP contribution in [-0.2, 0) is 10.0 Å². The van der Waals surface area contributed by atoms with E-state index in [9.17, 15) is 8.42 Å². The van der Waals surface area contributed by atoms with Gasteiger partial charge in [0, 0.05) is 5.56 Å². The molecule has 0 aliphatic heterocycles. The molecule has 3 aromatic rings. The zero-order chi connectivity index (χ0) is 14.5. The van der Waals surface area contributed by atoms with Crippen LogP contribution in [0.3, 0.4) is 0 Å². The van der Waals surface area contributed by atoms with Crippen LogP contribution in [0.4, 0.5) is 0 Å². The molecule has 0 radical (unpaired) electrons. The number of hydrogen-bond donors (Lipinski definition) is 1. The molecule has 104 valence electrons. The predicted molar refractivity (Wildman–Crippen MR) is 77.1 cm³/mol. The number of aryl methyl sites for hydroxylation is 2. The van der Waals surface area contributed by atoms with E-state index in [1.807, 2.05) is 26.0 Å². The Morgan fingerprint density at radius 1 is 1.30 bits per heavy atom. The molecular formula is C12H12N4O2S2. The second kappa shape index (κ2) is 4.37. The summed E-state index contributed by atoms with van der Waals surface area (Å²) < 4.78 is 23.8. The van der Waals surface area contributed by atoms with Gasteiger partial charge in [0.1, 0.15) is 0 Å². The van der Waals surface area contributed by atoms with Crippen molar-refractivity contribution in [1.82, 2.24) is 14.6 Å². The number of benzene rings is 1. The summed E-state index contributed by atoms with van der Waals surface area (Å²) in [5.74, 6) is 0. The van der Waals surface area contributed by atoms with Crippen molar-refractivity contribution in [2.45, 2.75) is 18.2 Å². The van der Waals surface area contributed by atoms with Crippen molar-refractivity contribution < 1.29 is 8.42 Å². The first kappa shape index (κ1) is 13.2. The fourth-order valence-electron chi connectivity index (χ4n) is 2.03. The van der Waals surface area contributed by atoms with E-state index in [2.05, 4.69) is 16.1 Å². The number of imidazole rings is 1. The fourth-order valence-corrected chi connectivity index (χ4v) is 3.53. The molecule has 2 aromatic heterocycles. The van der Waals surface area contributed by atoms with Gasteiger partial charge in [0.2, 0.25) is 9.30 Å². The lowest BCUT2D eigenvalue weighted by molar-refractivity contribution is 0.595. The standard InChI is InChI=1S/C12H12N4O2S2/c1-7-3-4-9(8(2)5-7)10-6-16-11(14-10)19-12(15-16)20(13,17)18/h3-6H,1-2H3,(H2,13,17,18). The van der Waals surface area contributed by atoms with Gasteiger partial charge >= 0.3 is 0 Å². The van der Waals surface area contributed by atoms with Crippen LogP contribution < -0.4 is 5.14 Å². The van der Waals surface area contributed by atoms with Crippen LogP contribution in [0.1, 0.15) is 11.1 Å². The number of primary sulfonamides is 1. The smallest absolute Gasteiger partial charge is 0.223 e. The van der Waals surface area contributed by atoms with Crippen LogP contribution in [0.25, 0.3) is 16.2 Å². The number of sulfonamides is 1. The third-order valence-corrected chi connectivity index (χ3v) is 5.16. The molecule has 20 heavy (non-hydrogen) atoms. The SMILES string of the molecule is Cc1ccc(-c2cn3nc(S(N)(=O)=O)sc3n2)c(C)c1. The predicted octanol–water partition coefficient (Wildman–Crippen LogP) is 1.72. The first-order valence-corrected chi connectivity index (χ1v) is 8.17. The number of rotatable bonds is 2. The van der Waals surface area contributed by atoms with E-state index in [-0.39, 0.29) is 4.34 Å². The fraction of sp³-hybridized carbons (Fsp3) is 0.167. The van der Waals surface area contributed by atoms with Gasteiger partial charge in [-0.05, 0) is 19.4 Å². The number of nitrogens with zero attached hydrogens (tertiary/aromatic N) is 3. The van der Waals surface area contributed by atoms with Crippen molar-refractivity contribution in [3.05, 3.63) is 35.5 Å². The molecule has 0 saturated carbocycles. The third-order valence-electron chi connectivity index (χ3n) is 2.93. The first-order valence-electron chi connectivity index (χ1n) is 5.81. The summed E-state index contributed by atoms with van der Waals surface area (Å²) in [5.41, 5.74) is 4.07. The van der Waals surface area contributed by atoms with Gasteiger partial charge in [-0.1, -0.05) is 35.1 Å². The number of aromatic nitrogens is 3. The topological polar surface area (TPSA) is 90.4 Å². The van der Waals surface area contributed by atoms with E-state index >= 15 is 0 Å². The summed E-state index contributed by atoms with van der Waals surface area (Å²) in [6.45, 7) is 4.04. The second-order valence-corrected chi connectivity index (χ2v) is 7.28. The minimum Gasteiger partial charge on any atom is -0.223 e. The molecule has 0 spiro atoms. The monoisotopic (exact) mass is 308 g/mol. The van der Waals surface area contributed by atoms with Crippen LogP contribution in [0, 0.1) is 13.8 Å². The molecule has 1 aromatic carbocycles. The van der Waals surface area contributed by atoms with Gasteiger partial charge in [0.05, 0.1) is 11.9 Å². The first-order chi connectivity index (χ1) is 9.34.